The van der Waals surface area contributed by atoms with Gasteiger partial charge < -0.3 is 14.4 Å². The van der Waals surface area contributed by atoms with E-state index in [2.05, 4.69) is 0 Å². The number of nitrogens with zero attached hydrogens (tertiary/aromatic N) is 1. The number of rotatable bonds is 6. The summed E-state index contributed by atoms with van der Waals surface area (Å²) in [6.45, 7) is 5.40. The van der Waals surface area contributed by atoms with Crippen molar-refractivity contribution in [2.24, 2.45) is 0 Å². The predicted molar refractivity (Wildman–Crippen MR) is 96.0 cm³/mol. The molecule has 1 saturated heterocycles. The molecule has 6 heteroatoms. The average molecular weight is 359 g/mol. The van der Waals surface area contributed by atoms with Crippen molar-refractivity contribution in [3.05, 3.63) is 47.5 Å². The maximum Gasteiger partial charge on any atom is 0.348 e. The van der Waals surface area contributed by atoms with E-state index in [1.54, 1.807) is 26.8 Å². The molecule has 0 spiro atoms. The van der Waals surface area contributed by atoms with E-state index in [0.717, 1.165) is 5.56 Å². The summed E-state index contributed by atoms with van der Waals surface area (Å²) in [5.41, 5.74) is -0.521. The van der Waals surface area contributed by atoms with E-state index in [9.17, 15) is 14.4 Å². The monoisotopic (exact) mass is 359 g/mol. The van der Waals surface area contributed by atoms with E-state index >= 15 is 0 Å². The van der Waals surface area contributed by atoms with E-state index in [4.69, 9.17) is 9.47 Å². The molecule has 1 heterocycles. The van der Waals surface area contributed by atoms with Gasteiger partial charge in [-0.2, -0.15) is 0 Å². The standard InChI is InChI=1S/C20H25NO5/c1-4-16-12-13-17(22)21(14-15-10-8-7-9-11-15)20(16,18(23)25-5-2)19(24)26-6-3/h4,7-11H,5-6,12-14H2,1-3H3/b16-4-. The van der Waals surface area contributed by atoms with Crippen LogP contribution in [0.25, 0.3) is 0 Å². The summed E-state index contributed by atoms with van der Waals surface area (Å²) in [4.78, 5) is 40.1. The van der Waals surface area contributed by atoms with Crippen LogP contribution in [0.1, 0.15) is 39.2 Å². The molecular formula is C20H25NO5. The number of hydrogen-bond donors (Lipinski definition) is 0. The zero-order valence-electron chi connectivity index (χ0n) is 15.5. The zero-order chi connectivity index (χ0) is 19.2. The SMILES string of the molecule is C/C=C1/CCC(=O)N(Cc2ccccc2)C1(C(=O)OCC)C(=O)OCC. The summed E-state index contributed by atoms with van der Waals surface area (Å²) in [5, 5.41) is 0. The number of ether oxygens (including phenoxy) is 2. The lowest BCUT2D eigenvalue weighted by Gasteiger charge is -2.44. The van der Waals surface area contributed by atoms with Gasteiger partial charge in [-0.25, -0.2) is 9.59 Å². The second kappa shape index (κ2) is 8.65. The van der Waals surface area contributed by atoms with Gasteiger partial charge in [-0.15, -0.1) is 0 Å². The highest BCUT2D eigenvalue weighted by Crippen LogP contribution is 2.38. The molecule has 1 aromatic carbocycles. The molecule has 6 nitrogen and oxygen atoms in total. The number of amides is 1. The van der Waals surface area contributed by atoms with Gasteiger partial charge in [-0.1, -0.05) is 36.4 Å². The summed E-state index contributed by atoms with van der Waals surface area (Å²) < 4.78 is 10.5. The van der Waals surface area contributed by atoms with Crippen LogP contribution in [0.4, 0.5) is 0 Å². The Labute approximate surface area is 153 Å². The molecule has 0 aliphatic carbocycles. The Balaban J connectivity index is 2.61. The van der Waals surface area contributed by atoms with Crippen LogP contribution in [0.5, 0.6) is 0 Å². The molecule has 0 saturated carbocycles. The summed E-state index contributed by atoms with van der Waals surface area (Å²) in [6, 6.07) is 9.24. The number of hydrogen-bond acceptors (Lipinski definition) is 5. The molecule has 1 aliphatic heterocycles. The Morgan fingerprint density at radius 3 is 2.15 bits per heavy atom. The van der Waals surface area contributed by atoms with Gasteiger partial charge in [0.2, 0.25) is 5.91 Å². The molecule has 1 aliphatic rings. The van der Waals surface area contributed by atoms with Gasteiger partial charge in [0.05, 0.1) is 13.2 Å². The number of piperidine rings is 1. The van der Waals surface area contributed by atoms with Gasteiger partial charge >= 0.3 is 11.9 Å². The molecule has 1 aromatic rings. The summed E-state index contributed by atoms with van der Waals surface area (Å²) in [7, 11) is 0. The smallest absolute Gasteiger partial charge is 0.348 e. The quantitative estimate of drug-likeness (QED) is 0.443. The van der Waals surface area contributed by atoms with Crippen molar-refractivity contribution >= 4 is 17.8 Å². The number of carbonyl (C=O) groups excluding carboxylic acids is 3. The summed E-state index contributed by atoms with van der Waals surface area (Å²) in [6.07, 6.45) is 2.25. The van der Waals surface area contributed by atoms with Gasteiger partial charge in [0.1, 0.15) is 0 Å². The first-order chi connectivity index (χ1) is 12.5. The second-order valence-electron chi connectivity index (χ2n) is 5.93. The Kier molecular flexibility index (Phi) is 6.55. The minimum absolute atomic E-state index is 0.102. The highest BCUT2D eigenvalue weighted by atomic mass is 16.6. The van der Waals surface area contributed by atoms with Crippen LogP contribution in [-0.4, -0.2) is 41.5 Å². The molecule has 0 aromatic heterocycles. The molecule has 2 rings (SSSR count). The van der Waals surface area contributed by atoms with Crippen molar-refractivity contribution in [3.63, 3.8) is 0 Å². The molecule has 0 bridgehead atoms. The molecule has 140 valence electrons. The zero-order valence-corrected chi connectivity index (χ0v) is 15.5. The fourth-order valence-electron chi connectivity index (χ4n) is 3.28. The molecule has 0 unspecified atom stereocenters. The lowest BCUT2D eigenvalue weighted by Crippen LogP contribution is -2.66. The Bertz CT molecular complexity index is 677. The van der Waals surface area contributed by atoms with E-state index in [1.165, 1.54) is 4.90 Å². The van der Waals surface area contributed by atoms with Crippen LogP contribution in [0.15, 0.2) is 42.0 Å². The molecule has 0 radical (unpaired) electrons. The lowest BCUT2D eigenvalue weighted by molar-refractivity contribution is -0.178. The van der Waals surface area contributed by atoms with Gasteiger partial charge in [0.15, 0.2) is 0 Å². The van der Waals surface area contributed by atoms with Crippen LogP contribution in [0, 0.1) is 0 Å². The molecule has 0 atom stereocenters. The van der Waals surface area contributed by atoms with Crippen molar-refractivity contribution in [2.75, 3.05) is 13.2 Å². The molecule has 26 heavy (non-hydrogen) atoms. The first-order valence-corrected chi connectivity index (χ1v) is 8.86. The number of esters is 2. The van der Waals surface area contributed by atoms with Crippen LogP contribution >= 0.6 is 0 Å². The first-order valence-electron chi connectivity index (χ1n) is 8.86. The fraction of sp³-hybridized carbons (Fsp3) is 0.450. The van der Waals surface area contributed by atoms with Crippen molar-refractivity contribution in [2.45, 2.75) is 45.7 Å². The van der Waals surface area contributed by atoms with Crippen molar-refractivity contribution in [1.29, 1.82) is 0 Å². The van der Waals surface area contributed by atoms with Crippen molar-refractivity contribution < 1.29 is 23.9 Å². The lowest BCUT2D eigenvalue weighted by atomic mass is 9.80. The largest absolute Gasteiger partial charge is 0.464 e. The number of likely N-dealkylation sites (tertiary alicyclic amines) is 1. The number of carbonyl (C=O) groups is 3. The van der Waals surface area contributed by atoms with Gasteiger partial charge in [0, 0.05) is 13.0 Å². The average Bonchev–Trinajstić information content (AvgIpc) is 2.64. The van der Waals surface area contributed by atoms with E-state index < -0.39 is 17.5 Å². The predicted octanol–water partition coefficient (Wildman–Crippen LogP) is 2.62. The van der Waals surface area contributed by atoms with E-state index in [-0.39, 0.29) is 32.1 Å². The molecule has 1 fully saturated rings. The van der Waals surface area contributed by atoms with Crippen molar-refractivity contribution in [1.82, 2.24) is 4.90 Å². The fourth-order valence-corrected chi connectivity index (χ4v) is 3.28. The Morgan fingerprint density at radius 2 is 1.65 bits per heavy atom. The minimum Gasteiger partial charge on any atom is -0.464 e. The third-order valence-electron chi connectivity index (χ3n) is 4.45. The molecular weight excluding hydrogens is 334 g/mol. The maximum atomic E-state index is 13.0. The third-order valence-corrected chi connectivity index (χ3v) is 4.45. The number of allylic oxidation sites excluding steroid dienone is 1. The molecule has 0 N–H and O–H groups in total. The normalized spacial score (nSPS) is 17.9. The van der Waals surface area contributed by atoms with Crippen LogP contribution in [0.2, 0.25) is 0 Å². The topological polar surface area (TPSA) is 72.9 Å². The Hall–Kier alpha value is -2.63. The van der Waals surface area contributed by atoms with Crippen LogP contribution in [0.3, 0.4) is 0 Å². The highest BCUT2D eigenvalue weighted by molar-refractivity contribution is 6.12. The molecule has 1 amide bonds. The van der Waals surface area contributed by atoms with E-state index in [0.29, 0.717) is 12.0 Å². The van der Waals surface area contributed by atoms with Crippen LogP contribution < -0.4 is 0 Å². The van der Waals surface area contributed by atoms with Gasteiger partial charge in [0.25, 0.3) is 5.54 Å². The third kappa shape index (κ3) is 3.49. The Morgan fingerprint density at radius 1 is 1.08 bits per heavy atom. The summed E-state index contributed by atoms with van der Waals surface area (Å²) >= 11 is 0. The van der Waals surface area contributed by atoms with E-state index in [1.807, 2.05) is 30.3 Å². The highest BCUT2D eigenvalue weighted by Gasteiger charge is 2.59. The first kappa shape index (κ1) is 19.7. The van der Waals surface area contributed by atoms with Gasteiger partial charge in [-0.05, 0) is 38.3 Å². The minimum atomic E-state index is -1.87. The summed E-state index contributed by atoms with van der Waals surface area (Å²) in [5.74, 6) is -1.81. The second-order valence-corrected chi connectivity index (χ2v) is 5.93. The maximum absolute atomic E-state index is 13.0. The van der Waals surface area contributed by atoms with Gasteiger partial charge in [-0.3, -0.25) is 4.79 Å². The number of benzene rings is 1. The van der Waals surface area contributed by atoms with Crippen LogP contribution in [-0.2, 0) is 30.4 Å². The van der Waals surface area contributed by atoms with Crippen molar-refractivity contribution in [3.8, 4) is 0 Å².